The monoisotopic (exact) mass is 520 g/mol. The molecule has 3 aliphatic rings. The number of ether oxygens (including phenoxy) is 3. The van der Waals surface area contributed by atoms with Gasteiger partial charge in [-0.05, 0) is 60.7 Å². The van der Waals surface area contributed by atoms with Crippen LogP contribution < -0.4 is 15.0 Å². The second-order valence-corrected chi connectivity index (χ2v) is 10.3. The van der Waals surface area contributed by atoms with E-state index in [0.717, 1.165) is 69.5 Å². The molecule has 5 rings (SSSR count). The van der Waals surface area contributed by atoms with E-state index in [1.165, 1.54) is 11.6 Å². The molecule has 1 atom stereocenters. The maximum Gasteiger partial charge on any atom is 0.267 e. The van der Waals surface area contributed by atoms with Crippen molar-refractivity contribution in [2.45, 2.75) is 56.8 Å². The number of hydroxylamine groups is 1. The third kappa shape index (κ3) is 6.62. The van der Waals surface area contributed by atoms with Crippen LogP contribution in [0.2, 0.25) is 0 Å². The van der Waals surface area contributed by atoms with E-state index in [2.05, 4.69) is 22.5 Å². The zero-order valence-electron chi connectivity index (χ0n) is 21.9. The number of benzene rings is 2. The number of fused-ring (bicyclic) bond motifs is 1. The van der Waals surface area contributed by atoms with Gasteiger partial charge in [0.2, 0.25) is 0 Å². The summed E-state index contributed by atoms with van der Waals surface area (Å²) in [5.74, 6) is 1.22. The summed E-state index contributed by atoms with van der Waals surface area (Å²) in [6.45, 7) is 3.44. The largest absolute Gasteiger partial charge is 0.497 e. The van der Waals surface area contributed by atoms with E-state index in [0.29, 0.717) is 24.3 Å². The fraction of sp³-hybridized carbons (Fsp3) is 0.467. The van der Waals surface area contributed by atoms with Crippen LogP contribution in [0.4, 0.5) is 0 Å². The molecule has 2 fully saturated rings. The Morgan fingerprint density at radius 3 is 2.71 bits per heavy atom. The summed E-state index contributed by atoms with van der Waals surface area (Å²) in [4.78, 5) is 33.0. The molecule has 3 heterocycles. The molecule has 0 aromatic heterocycles. The second kappa shape index (κ2) is 12.1. The number of hydrogen-bond donors (Lipinski definition) is 1. The van der Waals surface area contributed by atoms with Gasteiger partial charge >= 0.3 is 0 Å². The molecule has 0 aliphatic carbocycles. The number of likely N-dealkylation sites (tertiary alicyclic amines) is 1. The molecule has 8 heteroatoms. The van der Waals surface area contributed by atoms with Crippen LogP contribution >= 0.6 is 0 Å². The Hall–Kier alpha value is -3.20. The van der Waals surface area contributed by atoms with Crippen LogP contribution in [-0.2, 0) is 20.8 Å². The standard InChI is InChI=1S/C30H36N2O6/c1-35-24-9-5-22(6-10-24)13-16-32-17-14-30(15-18-32)21-26(33)25-20-23(7-11-27(25)37-30)8-12-28(34)31-38-29-4-2-3-19-36-29/h5-12,20,29H,2-4,13-19,21H2,1H3,(H,31,34). The van der Waals surface area contributed by atoms with E-state index in [1.54, 1.807) is 19.3 Å². The molecule has 2 aromatic rings. The predicted octanol–water partition coefficient (Wildman–Crippen LogP) is 4.33. The molecular formula is C30H36N2O6. The van der Waals surface area contributed by atoms with E-state index >= 15 is 0 Å². The Balaban J connectivity index is 1.12. The highest BCUT2D eigenvalue weighted by atomic mass is 16.8. The van der Waals surface area contributed by atoms with E-state index in [4.69, 9.17) is 19.0 Å². The van der Waals surface area contributed by atoms with Crippen molar-refractivity contribution >= 4 is 17.8 Å². The summed E-state index contributed by atoms with van der Waals surface area (Å²) >= 11 is 0. The summed E-state index contributed by atoms with van der Waals surface area (Å²) in [7, 11) is 1.68. The van der Waals surface area contributed by atoms with Gasteiger partial charge in [0, 0.05) is 51.6 Å². The number of hydrogen-bond acceptors (Lipinski definition) is 7. The zero-order chi connectivity index (χ0) is 26.4. The van der Waals surface area contributed by atoms with Gasteiger partial charge in [-0.3, -0.25) is 9.59 Å². The van der Waals surface area contributed by atoms with Crippen molar-refractivity contribution in [1.29, 1.82) is 0 Å². The fourth-order valence-corrected chi connectivity index (χ4v) is 5.29. The smallest absolute Gasteiger partial charge is 0.267 e. The van der Waals surface area contributed by atoms with Crippen molar-refractivity contribution in [3.8, 4) is 11.5 Å². The van der Waals surface area contributed by atoms with Crippen molar-refractivity contribution in [1.82, 2.24) is 10.4 Å². The Kier molecular flexibility index (Phi) is 8.42. The van der Waals surface area contributed by atoms with Crippen LogP contribution in [0.25, 0.3) is 6.08 Å². The maximum atomic E-state index is 13.1. The van der Waals surface area contributed by atoms with Gasteiger partial charge in [0.1, 0.15) is 17.1 Å². The number of Topliss-reactive ketones (excluding diaryl/α,β-unsaturated/α-hetero) is 1. The quantitative estimate of drug-likeness (QED) is 0.410. The van der Waals surface area contributed by atoms with Gasteiger partial charge in [0.05, 0.1) is 19.1 Å². The number of rotatable bonds is 8. The van der Waals surface area contributed by atoms with Crippen LogP contribution in [-0.4, -0.2) is 61.8 Å². The first-order chi connectivity index (χ1) is 18.5. The molecule has 38 heavy (non-hydrogen) atoms. The Labute approximate surface area is 223 Å². The molecule has 8 nitrogen and oxygen atoms in total. The third-order valence-electron chi connectivity index (χ3n) is 7.61. The van der Waals surface area contributed by atoms with Gasteiger partial charge in [0.15, 0.2) is 12.1 Å². The lowest BCUT2D eigenvalue weighted by Gasteiger charge is -2.44. The van der Waals surface area contributed by atoms with Gasteiger partial charge in [0.25, 0.3) is 5.91 Å². The number of ketones is 1. The molecule has 3 aliphatic heterocycles. The molecule has 202 valence electrons. The lowest BCUT2D eigenvalue weighted by Crippen LogP contribution is -2.51. The molecule has 1 spiro atoms. The lowest BCUT2D eigenvalue weighted by molar-refractivity contribution is -0.198. The summed E-state index contributed by atoms with van der Waals surface area (Å²) in [5, 5.41) is 0. The summed E-state index contributed by atoms with van der Waals surface area (Å²) < 4.78 is 17.1. The Morgan fingerprint density at radius 2 is 1.97 bits per heavy atom. The lowest BCUT2D eigenvalue weighted by atomic mass is 9.82. The van der Waals surface area contributed by atoms with E-state index in [-0.39, 0.29) is 11.7 Å². The first kappa shape index (κ1) is 26.4. The van der Waals surface area contributed by atoms with Crippen molar-refractivity contribution in [3.63, 3.8) is 0 Å². The van der Waals surface area contributed by atoms with Crippen molar-refractivity contribution in [2.75, 3.05) is 33.4 Å². The SMILES string of the molecule is COc1ccc(CCN2CCC3(CC2)CC(=O)c2cc(C=CC(=O)NOC4CCCCO4)ccc2O3)cc1. The number of nitrogens with zero attached hydrogens (tertiary/aromatic N) is 1. The van der Waals surface area contributed by atoms with Gasteiger partial charge < -0.3 is 19.1 Å². The van der Waals surface area contributed by atoms with Crippen molar-refractivity contribution in [3.05, 3.63) is 65.2 Å². The minimum Gasteiger partial charge on any atom is -0.497 e. The van der Waals surface area contributed by atoms with E-state index < -0.39 is 11.9 Å². The molecule has 1 N–H and O–H groups in total. The number of amides is 1. The maximum absolute atomic E-state index is 13.1. The zero-order valence-corrected chi connectivity index (χ0v) is 21.9. The number of methoxy groups -OCH3 is 1. The molecule has 0 radical (unpaired) electrons. The number of piperidine rings is 1. The summed E-state index contributed by atoms with van der Waals surface area (Å²) in [5.41, 5.74) is 4.60. The molecule has 0 bridgehead atoms. The Morgan fingerprint density at radius 1 is 1.16 bits per heavy atom. The average molecular weight is 521 g/mol. The van der Waals surface area contributed by atoms with Gasteiger partial charge in [-0.25, -0.2) is 10.3 Å². The van der Waals surface area contributed by atoms with Gasteiger partial charge in [-0.2, -0.15) is 0 Å². The van der Waals surface area contributed by atoms with Gasteiger partial charge in [-0.1, -0.05) is 18.2 Å². The fourth-order valence-electron chi connectivity index (χ4n) is 5.29. The van der Waals surface area contributed by atoms with Crippen LogP contribution in [0.15, 0.2) is 48.5 Å². The van der Waals surface area contributed by atoms with Crippen LogP contribution in [0.3, 0.4) is 0 Å². The van der Waals surface area contributed by atoms with Crippen molar-refractivity contribution < 1.29 is 28.6 Å². The number of nitrogens with one attached hydrogen (secondary N) is 1. The average Bonchev–Trinajstić information content (AvgIpc) is 2.96. The molecular weight excluding hydrogens is 484 g/mol. The van der Waals surface area contributed by atoms with Crippen molar-refractivity contribution in [2.24, 2.45) is 0 Å². The first-order valence-electron chi connectivity index (χ1n) is 13.5. The van der Waals surface area contributed by atoms with Crippen LogP contribution in [0.5, 0.6) is 11.5 Å². The van der Waals surface area contributed by atoms with Crippen LogP contribution in [0, 0.1) is 0 Å². The molecule has 2 aromatic carbocycles. The van der Waals surface area contributed by atoms with Gasteiger partial charge in [-0.15, -0.1) is 0 Å². The first-order valence-corrected chi connectivity index (χ1v) is 13.5. The molecule has 2 saturated heterocycles. The predicted molar refractivity (Wildman–Crippen MR) is 143 cm³/mol. The second-order valence-electron chi connectivity index (χ2n) is 10.3. The highest BCUT2D eigenvalue weighted by Gasteiger charge is 2.42. The highest BCUT2D eigenvalue weighted by Crippen LogP contribution is 2.39. The van der Waals surface area contributed by atoms with Crippen LogP contribution in [0.1, 0.15) is 60.0 Å². The molecule has 0 saturated carbocycles. The topological polar surface area (TPSA) is 86.3 Å². The summed E-state index contributed by atoms with van der Waals surface area (Å²) in [6, 6.07) is 13.7. The highest BCUT2D eigenvalue weighted by molar-refractivity contribution is 6.01. The molecule has 1 unspecified atom stereocenters. The Bertz CT molecular complexity index is 1150. The number of carbonyl (C=O) groups is 2. The number of carbonyl (C=O) groups excluding carboxylic acids is 2. The third-order valence-corrected chi connectivity index (χ3v) is 7.61. The minimum atomic E-state index is -0.434. The normalized spacial score (nSPS) is 21.2. The van der Waals surface area contributed by atoms with E-state index in [9.17, 15) is 9.59 Å². The van der Waals surface area contributed by atoms with E-state index in [1.807, 2.05) is 24.3 Å². The minimum absolute atomic E-state index is 0.0930. The molecule has 1 amide bonds. The summed E-state index contributed by atoms with van der Waals surface area (Å²) in [6.07, 6.45) is 8.48.